The maximum atomic E-state index is 10.7. The van der Waals surface area contributed by atoms with Gasteiger partial charge in [-0.25, -0.2) is 4.57 Å². The lowest BCUT2D eigenvalue weighted by Gasteiger charge is -2.15. The van der Waals surface area contributed by atoms with Crippen molar-refractivity contribution < 1.29 is 28.7 Å². The van der Waals surface area contributed by atoms with Crippen LogP contribution in [0.3, 0.4) is 0 Å². The number of rotatable bonds is 30. The maximum Gasteiger partial charge on any atom is 0.469 e. The molecule has 0 aliphatic carbocycles. The second-order valence-electron chi connectivity index (χ2n) is 10.6. The molecule has 218 valence electrons. The fourth-order valence-corrected chi connectivity index (χ4v) is 5.01. The van der Waals surface area contributed by atoms with Gasteiger partial charge < -0.3 is 19.6 Å². The van der Waals surface area contributed by atoms with E-state index >= 15 is 0 Å². The highest BCUT2D eigenvalue weighted by Gasteiger charge is 2.18. The van der Waals surface area contributed by atoms with Gasteiger partial charge in [0.05, 0.1) is 13.2 Å². The summed E-state index contributed by atoms with van der Waals surface area (Å²) in [6.07, 6.45) is 32.0. The molecule has 36 heavy (non-hydrogen) atoms. The van der Waals surface area contributed by atoms with Crippen LogP contribution in [0.25, 0.3) is 0 Å². The van der Waals surface area contributed by atoms with E-state index in [1.165, 1.54) is 141 Å². The van der Waals surface area contributed by atoms with Crippen LogP contribution in [0.5, 0.6) is 0 Å². The average Bonchev–Trinajstić information content (AvgIpc) is 2.85. The monoisotopic (exact) mass is 536 g/mol. The van der Waals surface area contributed by atoms with E-state index in [2.05, 4.69) is 11.4 Å². The second kappa shape index (κ2) is 28.0. The van der Waals surface area contributed by atoms with Crippen molar-refractivity contribution in [1.82, 2.24) is 0 Å². The van der Waals surface area contributed by atoms with Gasteiger partial charge in [0.2, 0.25) is 0 Å². The first-order chi connectivity index (χ1) is 17.5. The Labute approximate surface area is 223 Å². The summed E-state index contributed by atoms with van der Waals surface area (Å²) in [5.74, 6) is 0. The lowest BCUT2D eigenvalue weighted by Crippen LogP contribution is -2.24. The SMILES string of the molecule is CCCCCCCCCCCCCCCCCCCCCCCCCCO[C@H](CO)COP(=O)(O)O. The first-order valence-corrected chi connectivity index (χ1v) is 16.9. The summed E-state index contributed by atoms with van der Waals surface area (Å²) in [6, 6.07) is 0. The Bertz CT molecular complexity index is 471. The minimum absolute atomic E-state index is 0.291. The first kappa shape index (κ1) is 36.0. The Morgan fingerprint density at radius 2 is 0.861 bits per heavy atom. The van der Waals surface area contributed by atoms with Crippen molar-refractivity contribution >= 4 is 7.82 Å². The third-order valence-corrected chi connectivity index (χ3v) is 7.47. The molecule has 0 spiro atoms. The molecule has 0 saturated heterocycles. The number of unbranched alkanes of at least 4 members (excludes halogenated alkanes) is 23. The normalized spacial score (nSPS) is 12.9. The van der Waals surface area contributed by atoms with Crippen LogP contribution in [-0.2, 0) is 13.8 Å². The molecule has 0 amide bonds. The number of phosphoric ester groups is 1. The summed E-state index contributed by atoms with van der Waals surface area (Å²) in [6.45, 7) is 2.17. The van der Waals surface area contributed by atoms with E-state index in [9.17, 15) is 4.57 Å². The summed E-state index contributed by atoms with van der Waals surface area (Å²) in [4.78, 5) is 17.4. The smallest absolute Gasteiger partial charge is 0.394 e. The summed E-state index contributed by atoms with van der Waals surface area (Å²) < 4.78 is 20.5. The Morgan fingerprint density at radius 1 is 0.556 bits per heavy atom. The predicted octanol–water partition coefficient (Wildman–Crippen LogP) is 8.86. The van der Waals surface area contributed by atoms with Crippen molar-refractivity contribution in [1.29, 1.82) is 0 Å². The quantitative estimate of drug-likeness (QED) is 0.0627. The molecule has 3 N–H and O–H groups in total. The molecule has 0 fully saturated rings. The molecule has 0 aromatic heterocycles. The van der Waals surface area contributed by atoms with Gasteiger partial charge >= 0.3 is 7.82 Å². The molecule has 0 heterocycles. The highest BCUT2D eigenvalue weighted by molar-refractivity contribution is 7.46. The molecule has 0 radical (unpaired) electrons. The Kier molecular flexibility index (Phi) is 28.1. The molecule has 0 aliphatic rings. The lowest BCUT2D eigenvalue weighted by atomic mass is 10.0. The number of hydrogen-bond acceptors (Lipinski definition) is 4. The van der Waals surface area contributed by atoms with E-state index in [0.717, 1.165) is 12.8 Å². The van der Waals surface area contributed by atoms with Crippen molar-refractivity contribution in [3.8, 4) is 0 Å². The van der Waals surface area contributed by atoms with Gasteiger partial charge in [0, 0.05) is 6.61 Å². The molecular weight excluding hydrogens is 475 g/mol. The number of ether oxygens (including phenoxy) is 1. The van der Waals surface area contributed by atoms with E-state index in [-0.39, 0.29) is 13.2 Å². The van der Waals surface area contributed by atoms with Gasteiger partial charge in [-0.2, -0.15) is 0 Å². The summed E-state index contributed by atoms with van der Waals surface area (Å²) in [7, 11) is -4.51. The Hall–Kier alpha value is 0.0300. The molecular formula is C29H61O6P. The summed E-state index contributed by atoms with van der Waals surface area (Å²) >= 11 is 0. The van der Waals surface area contributed by atoms with Crippen molar-refractivity contribution in [3.63, 3.8) is 0 Å². The molecule has 0 rings (SSSR count). The molecule has 0 aromatic rings. The van der Waals surface area contributed by atoms with Crippen LogP contribution >= 0.6 is 7.82 Å². The van der Waals surface area contributed by atoms with Gasteiger partial charge in [-0.15, -0.1) is 0 Å². The zero-order valence-electron chi connectivity index (χ0n) is 23.7. The topological polar surface area (TPSA) is 96.2 Å². The molecule has 0 bridgehead atoms. The average molecular weight is 537 g/mol. The first-order valence-electron chi connectivity index (χ1n) is 15.4. The zero-order valence-corrected chi connectivity index (χ0v) is 24.6. The molecule has 1 atom stereocenters. The molecule has 0 aliphatic heterocycles. The number of phosphoric acid groups is 1. The van der Waals surface area contributed by atoms with Gasteiger partial charge in [0.25, 0.3) is 0 Å². The van der Waals surface area contributed by atoms with Crippen LogP contribution in [0.1, 0.15) is 161 Å². The van der Waals surface area contributed by atoms with Crippen LogP contribution in [0, 0.1) is 0 Å². The minimum atomic E-state index is -4.51. The standard InChI is InChI=1S/C29H61O6P/c1-2-3-4-5-6-7-8-9-10-11-12-13-14-15-16-17-18-19-20-21-22-23-24-25-26-34-29(27-30)28-35-36(31,32)33/h29-30H,2-28H2,1H3,(H2,31,32,33)/t29-/m1/s1. The minimum Gasteiger partial charge on any atom is -0.394 e. The molecule has 0 unspecified atom stereocenters. The van der Waals surface area contributed by atoms with Gasteiger partial charge in [-0.1, -0.05) is 155 Å². The van der Waals surface area contributed by atoms with Crippen LogP contribution < -0.4 is 0 Å². The van der Waals surface area contributed by atoms with Crippen LogP contribution in [0.2, 0.25) is 0 Å². The van der Waals surface area contributed by atoms with Gasteiger partial charge in [-0.3, -0.25) is 4.52 Å². The van der Waals surface area contributed by atoms with E-state index < -0.39 is 13.9 Å². The van der Waals surface area contributed by atoms with Gasteiger partial charge in [0.1, 0.15) is 6.10 Å². The van der Waals surface area contributed by atoms with E-state index in [1.54, 1.807) is 0 Å². The summed E-state index contributed by atoms with van der Waals surface area (Å²) in [5, 5.41) is 9.15. The molecule has 0 aromatic carbocycles. The third kappa shape index (κ3) is 30.3. The van der Waals surface area contributed by atoms with Crippen molar-refractivity contribution in [3.05, 3.63) is 0 Å². The van der Waals surface area contributed by atoms with Crippen LogP contribution in [0.15, 0.2) is 0 Å². The lowest BCUT2D eigenvalue weighted by molar-refractivity contribution is -0.0205. The third-order valence-electron chi connectivity index (χ3n) is 6.98. The largest absolute Gasteiger partial charge is 0.469 e. The van der Waals surface area contributed by atoms with Crippen molar-refractivity contribution in [2.45, 2.75) is 167 Å². The summed E-state index contributed by atoms with van der Waals surface area (Å²) in [5.41, 5.74) is 0. The Balaban J connectivity index is 3.17. The Morgan fingerprint density at radius 3 is 1.14 bits per heavy atom. The number of aliphatic hydroxyl groups is 1. The van der Waals surface area contributed by atoms with Crippen molar-refractivity contribution in [2.75, 3.05) is 19.8 Å². The highest BCUT2D eigenvalue weighted by atomic mass is 31.2. The zero-order chi connectivity index (χ0) is 26.6. The molecule has 7 heteroatoms. The molecule has 0 saturated carbocycles. The maximum absolute atomic E-state index is 10.7. The number of hydrogen-bond donors (Lipinski definition) is 3. The van der Waals surface area contributed by atoms with Gasteiger partial charge in [-0.05, 0) is 6.42 Å². The van der Waals surface area contributed by atoms with Crippen LogP contribution in [-0.4, -0.2) is 40.8 Å². The number of aliphatic hydroxyl groups excluding tert-OH is 1. The molecule has 6 nitrogen and oxygen atoms in total. The fraction of sp³-hybridized carbons (Fsp3) is 1.00. The highest BCUT2D eigenvalue weighted by Crippen LogP contribution is 2.35. The van der Waals surface area contributed by atoms with Crippen LogP contribution in [0.4, 0.5) is 0 Å². The fourth-order valence-electron chi connectivity index (χ4n) is 4.65. The second-order valence-corrected chi connectivity index (χ2v) is 11.8. The van der Waals surface area contributed by atoms with E-state index in [4.69, 9.17) is 19.6 Å². The van der Waals surface area contributed by atoms with Gasteiger partial charge in [0.15, 0.2) is 0 Å². The van der Waals surface area contributed by atoms with Crippen molar-refractivity contribution in [2.24, 2.45) is 0 Å². The predicted molar refractivity (Wildman–Crippen MR) is 151 cm³/mol. The van der Waals surface area contributed by atoms with E-state index in [0.29, 0.717) is 6.61 Å². The van der Waals surface area contributed by atoms with E-state index in [1.807, 2.05) is 0 Å².